The standard InChI is InChI=1S/C12H19NOS/c1-9(2)10-8-15-11(13-10)12(14-3)6-4-5-7-12/h8-9H,4-7H2,1-3H3. The van der Waals surface area contributed by atoms with Crippen LogP contribution in [0.1, 0.15) is 56.2 Å². The van der Waals surface area contributed by atoms with Crippen molar-refractivity contribution in [3.8, 4) is 0 Å². The Bertz CT molecular complexity index is 326. The molecule has 84 valence electrons. The van der Waals surface area contributed by atoms with Crippen molar-refractivity contribution in [2.75, 3.05) is 7.11 Å². The first kappa shape index (κ1) is 11.1. The van der Waals surface area contributed by atoms with Crippen LogP contribution in [0.3, 0.4) is 0 Å². The zero-order chi connectivity index (χ0) is 10.9. The monoisotopic (exact) mass is 225 g/mol. The lowest BCUT2D eigenvalue weighted by Crippen LogP contribution is -2.24. The smallest absolute Gasteiger partial charge is 0.125 e. The van der Waals surface area contributed by atoms with E-state index in [-0.39, 0.29) is 5.60 Å². The molecule has 0 amide bonds. The lowest BCUT2D eigenvalue weighted by atomic mass is 10.0. The Balaban J connectivity index is 2.27. The molecule has 2 rings (SSSR count). The quantitative estimate of drug-likeness (QED) is 0.783. The molecule has 3 heteroatoms. The van der Waals surface area contributed by atoms with E-state index in [1.54, 1.807) is 11.3 Å². The third-order valence-corrected chi connectivity index (χ3v) is 4.35. The highest BCUT2D eigenvalue weighted by atomic mass is 32.1. The summed E-state index contributed by atoms with van der Waals surface area (Å²) in [5.41, 5.74) is 1.15. The van der Waals surface area contributed by atoms with Crippen LogP contribution in [0.5, 0.6) is 0 Å². The second kappa shape index (κ2) is 4.22. The van der Waals surface area contributed by atoms with Crippen molar-refractivity contribution in [3.63, 3.8) is 0 Å². The van der Waals surface area contributed by atoms with E-state index >= 15 is 0 Å². The van der Waals surface area contributed by atoms with E-state index in [9.17, 15) is 0 Å². The molecule has 0 bridgehead atoms. The van der Waals surface area contributed by atoms with Crippen molar-refractivity contribution in [1.82, 2.24) is 4.98 Å². The number of hydrogen-bond donors (Lipinski definition) is 0. The van der Waals surface area contributed by atoms with Gasteiger partial charge in [0.05, 0.1) is 5.69 Å². The van der Waals surface area contributed by atoms with Gasteiger partial charge in [0.15, 0.2) is 0 Å². The van der Waals surface area contributed by atoms with Gasteiger partial charge < -0.3 is 4.74 Å². The topological polar surface area (TPSA) is 22.1 Å². The number of methoxy groups -OCH3 is 1. The average molecular weight is 225 g/mol. The van der Waals surface area contributed by atoms with Gasteiger partial charge in [-0.25, -0.2) is 4.98 Å². The minimum absolute atomic E-state index is 0.0577. The lowest BCUT2D eigenvalue weighted by Gasteiger charge is -2.24. The number of ether oxygens (including phenoxy) is 1. The second-order valence-corrected chi connectivity index (χ2v) is 5.50. The Labute approximate surface area is 95.7 Å². The molecule has 1 aromatic rings. The molecule has 1 fully saturated rings. The van der Waals surface area contributed by atoms with Gasteiger partial charge in [-0.15, -0.1) is 11.3 Å². The molecular weight excluding hydrogens is 206 g/mol. The molecule has 0 radical (unpaired) electrons. The van der Waals surface area contributed by atoms with Gasteiger partial charge in [-0.3, -0.25) is 0 Å². The van der Waals surface area contributed by atoms with Gasteiger partial charge in [-0.1, -0.05) is 26.7 Å². The van der Waals surface area contributed by atoms with Crippen LogP contribution in [-0.2, 0) is 10.3 Å². The Hall–Kier alpha value is -0.410. The van der Waals surface area contributed by atoms with Crippen molar-refractivity contribution < 1.29 is 4.74 Å². The highest BCUT2D eigenvalue weighted by Gasteiger charge is 2.38. The third-order valence-electron chi connectivity index (χ3n) is 3.31. The molecule has 1 aromatic heterocycles. The summed E-state index contributed by atoms with van der Waals surface area (Å²) in [6, 6.07) is 0. The molecule has 0 spiro atoms. The van der Waals surface area contributed by atoms with E-state index in [1.807, 2.05) is 7.11 Å². The SMILES string of the molecule is COC1(c2nc(C(C)C)cs2)CCCC1. The van der Waals surface area contributed by atoms with Gasteiger partial charge in [0.2, 0.25) is 0 Å². The zero-order valence-electron chi connectivity index (χ0n) is 9.75. The molecule has 1 saturated carbocycles. The van der Waals surface area contributed by atoms with E-state index in [2.05, 4.69) is 19.2 Å². The normalized spacial score (nSPS) is 20.0. The molecular formula is C12H19NOS. The Kier molecular flexibility index (Phi) is 3.12. The maximum Gasteiger partial charge on any atom is 0.125 e. The molecule has 1 aliphatic rings. The summed E-state index contributed by atoms with van der Waals surface area (Å²) in [7, 11) is 1.82. The molecule has 0 aromatic carbocycles. The summed E-state index contributed by atoms with van der Waals surface area (Å²) in [5, 5.41) is 3.37. The molecule has 0 N–H and O–H groups in total. The maximum absolute atomic E-state index is 5.73. The van der Waals surface area contributed by atoms with Crippen LogP contribution >= 0.6 is 11.3 Å². The van der Waals surface area contributed by atoms with E-state index in [1.165, 1.54) is 23.5 Å². The molecule has 0 unspecified atom stereocenters. The first-order valence-electron chi connectivity index (χ1n) is 5.69. The molecule has 0 saturated heterocycles. The summed E-state index contributed by atoms with van der Waals surface area (Å²) in [6.45, 7) is 4.37. The highest BCUT2D eigenvalue weighted by Crippen LogP contribution is 2.43. The fourth-order valence-electron chi connectivity index (χ4n) is 2.21. The van der Waals surface area contributed by atoms with Crippen molar-refractivity contribution in [3.05, 3.63) is 16.1 Å². The molecule has 1 aliphatic carbocycles. The van der Waals surface area contributed by atoms with Gasteiger partial charge in [-0.05, 0) is 18.8 Å². The fourth-order valence-corrected chi connectivity index (χ4v) is 3.43. The van der Waals surface area contributed by atoms with Crippen molar-refractivity contribution >= 4 is 11.3 Å². The van der Waals surface area contributed by atoms with Gasteiger partial charge in [-0.2, -0.15) is 0 Å². The first-order chi connectivity index (χ1) is 7.18. The summed E-state index contributed by atoms with van der Waals surface area (Å²) in [5.74, 6) is 0.519. The highest BCUT2D eigenvalue weighted by molar-refractivity contribution is 7.09. The van der Waals surface area contributed by atoms with E-state index in [0.29, 0.717) is 5.92 Å². The van der Waals surface area contributed by atoms with Crippen molar-refractivity contribution in [2.24, 2.45) is 0 Å². The minimum atomic E-state index is -0.0577. The summed E-state index contributed by atoms with van der Waals surface area (Å²) < 4.78 is 5.73. The Morgan fingerprint density at radius 2 is 2.07 bits per heavy atom. The number of thiazole rings is 1. The van der Waals surface area contributed by atoms with Crippen LogP contribution in [-0.4, -0.2) is 12.1 Å². The number of aromatic nitrogens is 1. The number of hydrogen-bond acceptors (Lipinski definition) is 3. The molecule has 1 heterocycles. The lowest BCUT2D eigenvalue weighted by molar-refractivity contribution is -0.00898. The van der Waals surface area contributed by atoms with Crippen LogP contribution in [0.25, 0.3) is 0 Å². The van der Waals surface area contributed by atoms with E-state index in [4.69, 9.17) is 9.72 Å². The molecule has 0 atom stereocenters. The summed E-state index contributed by atoms with van der Waals surface area (Å²) >= 11 is 1.76. The van der Waals surface area contributed by atoms with Crippen LogP contribution < -0.4 is 0 Å². The fraction of sp³-hybridized carbons (Fsp3) is 0.750. The van der Waals surface area contributed by atoms with Gasteiger partial charge in [0.1, 0.15) is 10.6 Å². The Morgan fingerprint density at radius 1 is 1.40 bits per heavy atom. The van der Waals surface area contributed by atoms with Crippen LogP contribution in [0.15, 0.2) is 5.38 Å². The first-order valence-corrected chi connectivity index (χ1v) is 6.57. The van der Waals surface area contributed by atoms with E-state index in [0.717, 1.165) is 12.8 Å². The zero-order valence-corrected chi connectivity index (χ0v) is 10.6. The predicted molar refractivity (Wildman–Crippen MR) is 63.4 cm³/mol. The Morgan fingerprint density at radius 3 is 2.53 bits per heavy atom. The largest absolute Gasteiger partial charge is 0.371 e. The van der Waals surface area contributed by atoms with Crippen LogP contribution in [0.2, 0.25) is 0 Å². The number of nitrogens with zero attached hydrogens (tertiary/aromatic N) is 1. The van der Waals surface area contributed by atoms with Gasteiger partial charge in [0, 0.05) is 12.5 Å². The van der Waals surface area contributed by atoms with Crippen molar-refractivity contribution in [2.45, 2.75) is 51.0 Å². The van der Waals surface area contributed by atoms with Crippen LogP contribution in [0, 0.1) is 0 Å². The van der Waals surface area contributed by atoms with Crippen LogP contribution in [0.4, 0.5) is 0 Å². The summed E-state index contributed by atoms with van der Waals surface area (Å²) in [4.78, 5) is 4.73. The predicted octanol–water partition coefficient (Wildman–Crippen LogP) is 3.68. The average Bonchev–Trinajstić information content (AvgIpc) is 2.87. The maximum atomic E-state index is 5.73. The van der Waals surface area contributed by atoms with E-state index < -0.39 is 0 Å². The molecule has 15 heavy (non-hydrogen) atoms. The van der Waals surface area contributed by atoms with Gasteiger partial charge >= 0.3 is 0 Å². The third kappa shape index (κ3) is 1.95. The minimum Gasteiger partial charge on any atom is -0.371 e. The summed E-state index contributed by atoms with van der Waals surface area (Å²) in [6.07, 6.45) is 4.80. The molecule has 0 aliphatic heterocycles. The van der Waals surface area contributed by atoms with Gasteiger partial charge in [0.25, 0.3) is 0 Å². The number of rotatable bonds is 3. The molecule has 2 nitrogen and oxygen atoms in total. The second-order valence-electron chi connectivity index (χ2n) is 4.64. The van der Waals surface area contributed by atoms with Crippen molar-refractivity contribution in [1.29, 1.82) is 0 Å².